The zero-order valence-corrected chi connectivity index (χ0v) is 16.3. The minimum absolute atomic E-state index is 0.0109. The minimum atomic E-state index is -1.10. The Kier molecular flexibility index (Phi) is 5.36. The predicted molar refractivity (Wildman–Crippen MR) is 108 cm³/mol. The first-order valence-electron chi connectivity index (χ1n) is 9.75. The van der Waals surface area contributed by atoms with Crippen LogP contribution in [0.15, 0.2) is 71.3 Å². The van der Waals surface area contributed by atoms with E-state index in [0.717, 1.165) is 11.1 Å². The summed E-state index contributed by atoms with van der Waals surface area (Å²) in [6.07, 6.45) is 2.75. The lowest BCUT2D eigenvalue weighted by molar-refractivity contribution is -0.0123. The minimum Gasteiger partial charge on any atom is -0.454 e. The number of aromatic nitrogens is 1. The van der Waals surface area contributed by atoms with Crippen LogP contribution in [0.5, 0.6) is 6.08 Å². The second kappa shape index (κ2) is 8.09. The summed E-state index contributed by atoms with van der Waals surface area (Å²) < 4.78 is 10.0. The predicted octanol–water partition coefficient (Wildman–Crippen LogP) is 3.47. The summed E-state index contributed by atoms with van der Waals surface area (Å²) in [6.45, 7) is 1.08. The molecule has 0 atom stereocenters. The fourth-order valence-electron chi connectivity index (χ4n) is 4.13. The van der Waals surface area contributed by atoms with Gasteiger partial charge in [0.2, 0.25) is 0 Å². The molecule has 1 aliphatic heterocycles. The van der Waals surface area contributed by atoms with E-state index in [0.29, 0.717) is 25.9 Å². The van der Waals surface area contributed by atoms with Gasteiger partial charge in [0.25, 0.3) is 5.91 Å². The van der Waals surface area contributed by atoms with Gasteiger partial charge in [0.05, 0.1) is 7.11 Å². The van der Waals surface area contributed by atoms with Crippen LogP contribution < -0.4 is 4.74 Å². The molecule has 1 aromatic heterocycles. The number of ether oxygens (including phenoxy) is 1. The Hall–Kier alpha value is -3.12. The van der Waals surface area contributed by atoms with E-state index < -0.39 is 5.60 Å². The molecule has 1 aliphatic rings. The van der Waals surface area contributed by atoms with Crippen LogP contribution in [0.2, 0.25) is 0 Å². The smallest absolute Gasteiger partial charge is 0.393 e. The van der Waals surface area contributed by atoms with Crippen LogP contribution in [0.3, 0.4) is 0 Å². The van der Waals surface area contributed by atoms with Crippen LogP contribution in [0, 0.1) is 5.92 Å². The van der Waals surface area contributed by atoms with Gasteiger partial charge >= 0.3 is 6.08 Å². The SMILES string of the molecule is COc1nc(C(=O)N2CCC(C(O)(c3ccccc3)c3ccccc3)CC2)co1. The zero-order valence-electron chi connectivity index (χ0n) is 16.3. The average Bonchev–Trinajstić information content (AvgIpc) is 3.29. The first kappa shape index (κ1) is 19.2. The normalized spacial score (nSPS) is 15.3. The molecule has 1 fully saturated rings. The molecule has 0 radical (unpaired) electrons. The van der Waals surface area contributed by atoms with Crippen LogP contribution >= 0.6 is 0 Å². The summed E-state index contributed by atoms with van der Waals surface area (Å²) in [5.74, 6) is -0.193. The van der Waals surface area contributed by atoms with Gasteiger partial charge in [0, 0.05) is 13.1 Å². The molecule has 150 valence electrons. The lowest BCUT2D eigenvalue weighted by Crippen LogP contribution is -2.46. The fraction of sp³-hybridized carbons (Fsp3) is 0.304. The third-order valence-electron chi connectivity index (χ3n) is 5.68. The lowest BCUT2D eigenvalue weighted by atomic mass is 9.72. The van der Waals surface area contributed by atoms with Gasteiger partial charge in [-0.3, -0.25) is 4.79 Å². The highest BCUT2D eigenvalue weighted by Crippen LogP contribution is 2.42. The molecule has 0 unspecified atom stereocenters. The summed E-state index contributed by atoms with van der Waals surface area (Å²) in [5, 5.41) is 11.9. The summed E-state index contributed by atoms with van der Waals surface area (Å²) in [6, 6.07) is 19.5. The molecule has 0 spiro atoms. The van der Waals surface area contributed by atoms with E-state index in [9.17, 15) is 9.90 Å². The molecular weight excluding hydrogens is 368 g/mol. The second-order valence-corrected chi connectivity index (χ2v) is 7.27. The highest BCUT2D eigenvalue weighted by molar-refractivity contribution is 5.92. The molecule has 6 heteroatoms. The van der Waals surface area contributed by atoms with E-state index >= 15 is 0 Å². The quantitative estimate of drug-likeness (QED) is 0.720. The number of aliphatic hydroxyl groups is 1. The number of methoxy groups -OCH3 is 1. The highest BCUT2D eigenvalue weighted by atomic mass is 16.6. The Morgan fingerprint density at radius 2 is 1.62 bits per heavy atom. The fourth-order valence-corrected chi connectivity index (χ4v) is 4.13. The number of carbonyl (C=O) groups is 1. The van der Waals surface area contributed by atoms with Crippen molar-refractivity contribution in [1.29, 1.82) is 0 Å². The number of carbonyl (C=O) groups excluding carboxylic acids is 1. The molecular formula is C23H24N2O4. The number of rotatable bonds is 5. The summed E-state index contributed by atoms with van der Waals surface area (Å²) in [5.41, 5.74) is 0.880. The van der Waals surface area contributed by atoms with E-state index in [1.165, 1.54) is 13.4 Å². The van der Waals surface area contributed by atoms with E-state index in [4.69, 9.17) is 9.15 Å². The lowest BCUT2D eigenvalue weighted by Gasteiger charge is -2.42. The van der Waals surface area contributed by atoms with E-state index in [2.05, 4.69) is 4.98 Å². The number of piperidine rings is 1. The molecule has 1 saturated heterocycles. The van der Waals surface area contributed by atoms with Gasteiger partial charge in [-0.15, -0.1) is 0 Å². The standard InChI is InChI=1S/C23H24N2O4/c1-28-22-24-20(16-29-22)21(26)25-14-12-19(13-15-25)23(27,17-8-4-2-5-9-17)18-10-6-3-7-11-18/h2-11,16,19,27H,12-15H2,1H3. The van der Waals surface area contributed by atoms with Gasteiger partial charge < -0.3 is 19.2 Å². The average molecular weight is 392 g/mol. The van der Waals surface area contributed by atoms with Crippen molar-refractivity contribution < 1.29 is 19.1 Å². The molecule has 4 rings (SSSR count). The molecule has 3 aromatic rings. The molecule has 6 nitrogen and oxygen atoms in total. The first-order valence-corrected chi connectivity index (χ1v) is 9.75. The molecule has 2 aromatic carbocycles. The summed E-state index contributed by atoms with van der Waals surface area (Å²) in [7, 11) is 1.44. The van der Waals surface area contributed by atoms with Crippen molar-refractivity contribution in [3.8, 4) is 6.08 Å². The Bertz CT molecular complexity index is 908. The van der Waals surface area contributed by atoms with Crippen LogP contribution in [0.1, 0.15) is 34.5 Å². The van der Waals surface area contributed by atoms with Gasteiger partial charge in [0.15, 0.2) is 5.69 Å². The Labute approximate surface area is 169 Å². The second-order valence-electron chi connectivity index (χ2n) is 7.27. The molecule has 0 bridgehead atoms. The number of oxazole rings is 1. The van der Waals surface area contributed by atoms with Crippen molar-refractivity contribution in [1.82, 2.24) is 9.88 Å². The Morgan fingerprint density at radius 1 is 1.07 bits per heavy atom. The molecule has 1 N–H and O–H groups in total. The van der Waals surface area contributed by atoms with Gasteiger partial charge in [-0.1, -0.05) is 60.7 Å². The van der Waals surface area contributed by atoms with Crippen molar-refractivity contribution in [3.05, 3.63) is 83.7 Å². The topological polar surface area (TPSA) is 75.8 Å². The van der Waals surface area contributed by atoms with Crippen LogP contribution in [0.25, 0.3) is 0 Å². The molecule has 0 saturated carbocycles. The van der Waals surface area contributed by atoms with E-state index in [1.54, 1.807) is 4.90 Å². The Balaban J connectivity index is 1.55. The number of amides is 1. The summed E-state index contributed by atoms with van der Waals surface area (Å²) in [4.78, 5) is 18.5. The van der Waals surface area contributed by atoms with Gasteiger partial charge in [-0.05, 0) is 29.9 Å². The molecule has 0 aliphatic carbocycles. The molecule has 1 amide bonds. The zero-order chi connectivity index (χ0) is 20.3. The third-order valence-corrected chi connectivity index (χ3v) is 5.68. The van der Waals surface area contributed by atoms with Crippen molar-refractivity contribution in [3.63, 3.8) is 0 Å². The van der Waals surface area contributed by atoms with Crippen LogP contribution in [-0.4, -0.2) is 41.1 Å². The van der Waals surface area contributed by atoms with Crippen LogP contribution in [0.4, 0.5) is 0 Å². The van der Waals surface area contributed by atoms with Gasteiger partial charge in [0.1, 0.15) is 11.9 Å². The monoisotopic (exact) mass is 392 g/mol. The van der Waals surface area contributed by atoms with E-state index in [1.807, 2.05) is 60.7 Å². The number of hydrogen-bond donors (Lipinski definition) is 1. The maximum atomic E-state index is 12.7. The number of benzene rings is 2. The van der Waals surface area contributed by atoms with E-state index in [-0.39, 0.29) is 23.6 Å². The van der Waals surface area contributed by atoms with Crippen LogP contribution in [-0.2, 0) is 5.60 Å². The van der Waals surface area contributed by atoms with Crippen molar-refractivity contribution >= 4 is 5.91 Å². The number of likely N-dealkylation sites (tertiary alicyclic amines) is 1. The molecule has 29 heavy (non-hydrogen) atoms. The maximum Gasteiger partial charge on any atom is 0.393 e. The largest absolute Gasteiger partial charge is 0.454 e. The maximum absolute atomic E-state index is 12.7. The van der Waals surface area contributed by atoms with Gasteiger partial charge in [-0.25, -0.2) is 0 Å². The number of hydrogen-bond acceptors (Lipinski definition) is 5. The van der Waals surface area contributed by atoms with Crippen molar-refractivity contribution in [2.24, 2.45) is 5.92 Å². The summed E-state index contributed by atoms with van der Waals surface area (Å²) >= 11 is 0. The Morgan fingerprint density at radius 3 is 2.10 bits per heavy atom. The number of nitrogens with zero attached hydrogens (tertiary/aromatic N) is 2. The highest BCUT2D eigenvalue weighted by Gasteiger charge is 2.42. The van der Waals surface area contributed by atoms with Crippen molar-refractivity contribution in [2.45, 2.75) is 18.4 Å². The van der Waals surface area contributed by atoms with Gasteiger partial charge in [-0.2, -0.15) is 4.98 Å². The first-order chi connectivity index (χ1) is 14.1. The van der Waals surface area contributed by atoms with Crippen molar-refractivity contribution in [2.75, 3.05) is 20.2 Å². The third kappa shape index (κ3) is 3.63. The molecule has 2 heterocycles.